The van der Waals surface area contributed by atoms with Gasteiger partial charge in [-0.1, -0.05) is 32.4 Å². The van der Waals surface area contributed by atoms with Gasteiger partial charge >= 0.3 is 0 Å². The Hall–Kier alpha value is -1.09. The fraction of sp³-hybridized carbons (Fsp3) is 0.741. The third kappa shape index (κ3) is 12.0. The molecule has 1 aromatic rings. The topological polar surface area (TPSA) is 97.0 Å². The molecule has 36 heavy (non-hydrogen) atoms. The minimum Gasteiger partial charge on any atom is -0.493 e. The molecule has 0 spiro atoms. The number of β-amino-alcohol motifs (C(OH)–C–C–N with tert-alkyl or cyclic N) is 1. The number of unbranched alkanes of at least 4 members (excludes halogenated alkanes) is 1. The number of nitrogens with one attached hydrogen (secondary N) is 1. The van der Waals surface area contributed by atoms with E-state index in [2.05, 4.69) is 31.0 Å². The Labute approximate surface area is 230 Å². The quantitative estimate of drug-likeness (QED) is 0.282. The van der Waals surface area contributed by atoms with Crippen molar-refractivity contribution in [1.82, 2.24) is 10.2 Å². The normalized spacial score (nSPS) is 18.5. The van der Waals surface area contributed by atoms with Crippen LogP contribution in [0.15, 0.2) is 24.3 Å². The molecule has 7 nitrogen and oxygen atoms in total. The molecule has 1 fully saturated rings. The first kappa shape index (κ1) is 34.9. The zero-order valence-corrected chi connectivity index (χ0v) is 24.1. The van der Waals surface area contributed by atoms with Crippen LogP contribution in [0.1, 0.15) is 69.7 Å². The van der Waals surface area contributed by atoms with Gasteiger partial charge in [0, 0.05) is 38.9 Å². The number of aliphatic hydroxyl groups excluding tert-OH is 1. The van der Waals surface area contributed by atoms with Gasteiger partial charge in [0.25, 0.3) is 5.91 Å². The molecule has 0 aromatic heterocycles. The highest BCUT2D eigenvalue weighted by atomic mass is 35.5. The summed E-state index contributed by atoms with van der Waals surface area (Å²) in [5.41, 5.74) is 6.97. The number of amides is 1. The number of hydrogen-bond acceptors (Lipinski definition) is 6. The molecule has 4 atom stereocenters. The van der Waals surface area contributed by atoms with Crippen molar-refractivity contribution >= 4 is 30.7 Å². The van der Waals surface area contributed by atoms with Crippen molar-refractivity contribution in [3.63, 3.8) is 0 Å². The van der Waals surface area contributed by atoms with Gasteiger partial charge in [0.05, 0.1) is 18.3 Å². The van der Waals surface area contributed by atoms with E-state index < -0.39 is 6.10 Å². The van der Waals surface area contributed by atoms with Crippen LogP contribution < -0.4 is 15.8 Å². The van der Waals surface area contributed by atoms with Gasteiger partial charge < -0.3 is 25.6 Å². The Balaban J connectivity index is 0.00000612. The van der Waals surface area contributed by atoms with E-state index in [1.807, 2.05) is 18.2 Å². The van der Waals surface area contributed by atoms with Crippen molar-refractivity contribution < 1.29 is 19.4 Å². The zero-order valence-electron chi connectivity index (χ0n) is 22.5. The number of nitrogens with zero attached hydrogens (tertiary/aromatic N) is 1. The first-order valence-corrected chi connectivity index (χ1v) is 13.0. The first-order valence-electron chi connectivity index (χ1n) is 13.0. The Morgan fingerprint density at radius 3 is 2.56 bits per heavy atom. The molecule has 2 rings (SSSR count). The van der Waals surface area contributed by atoms with E-state index in [0.717, 1.165) is 19.4 Å². The van der Waals surface area contributed by atoms with Crippen LogP contribution in [0.2, 0.25) is 0 Å². The summed E-state index contributed by atoms with van der Waals surface area (Å²) in [5.74, 6) is 0.963. The predicted octanol–water partition coefficient (Wildman–Crippen LogP) is 4.29. The molecule has 210 valence electrons. The van der Waals surface area contributed by atoms with Crippen molar-refractivity contribution in [2.75, 3.05) is 40.0 Å². The van der Waals surface area contributed by atoms with Crippen molar-refractivity contribution in [3.8, 4) is 5.75 Å². The summed E-state index contributed by atoms with van der Waals surface area (Å²) in [5, 5.41) is 13.8. The number of piperidine rings is 1. The number of aliphatic hydroxyl groups is 1. The molecule has 9 heteroatoms. The van der Waals surface area contributed by atoms with Crippen molar-refractivity contribution in [2.45, 2.75) is 77.5 Å². The maximum atomic E-state index is 12.9. The number of methoxy groups -OCH3 is 1. The Bertz CT molecular complexity index is 726. The van der Waals surface area contributed by atoms with Crippen LogP contribution in [0.3, 0.4) is 0 Å². The van der Waals surface area contributed by atoms with Gasteiger partial charge in [0.1, 0.15) is 5.75 Å². The third-order valence-corrected chi connectivity index (χ3v) is 7.03. The van der Waals surface area contributed by atoms with Gasteiger partial charge in [0.2, 0.25) is 0 Å². The molecule has 0 saturated carbocycles. The monoisotopic (exact) mass is 549 g/mol. The highest BCUT2D eigenvalue weighted by Gasteiger charge is 2.27. The fourth-order valence-electron chi connectivity index (χ4n) is 4.53. The van der Waals surface area contributed by atoms with Gasteiger partial charge in [-0.3, -0.25) is 9.69 Å². The standard InChI is InChI=1S/C27H47N3O4.2ClH/c1-20(2)22(17-24(28)25(31)19-30-14-8-7-11-21(30)3)18-29-27(32)23-12-5-6-13-26(23)34-16-10-9-15-33-4;;/h5-6,12-13,20-22,24-25,31H,7-11,14-19,28H2,1-4H3,(H,29,32);2*1H. The molecule has 1 saturated heterocycles. The SMILES string of the molecule is COCCCCOc1ccccc1C(=O)NCC(CC(N)C(O)CN1CCCCC1C)C(C)C.Cl.Cl. The largest absolute Gasteiger partial charge is 0.493 e. The number of benzene rings is 1. The maximum Gasteiger partial charge on any atom is 0.255 e. The molecule has 0 radical (unpaired) electrons. The molecular weight excluding hydrogens is 501 g/mol. The number of nitrogens with two attached hydrogens (primary N) is 1. The first-order chi connectivity index (χ1) is 16.3. The summed E-state index contributed by atoms with van der Waals surface area (Å²) in [6.07, 6.45) is 5.52. The van der Waals surface area contributed by atoms with Gasteiger partial charge in [-0.25, -0.2) is 0 Å². The van der Waals surface area contributed by atoms with E-state index in [-0.39, 0.29) is 42.7 Å². The lowest BCUT2D eigenvalue weighted by Crippen LogP contribution is -2.49. The summed E-state index contributed by atoms with van der Waals surface area (Å²) in [6, 6.07) is 7.53. The zero-order chi connectivity index (χ0) is 24.9. The van der Waals surface area contributed by atoms with E-state index >= 15 is 0 Å². The molecule has 1 amide bonds. The summed E-state index contributed by atoms with van der Waals surface area (Å²) < 4.78 is 10.9. The van der Waals surface area contributed by atoms with Crippen LogP contribution in [-0.4, -0.2) is 74.1 Å². The molecule has 1 aliphatic heterocycles. The number of para-hydroxylation sites is 1. The highest BCUT2D eigenvalue weighted by Crippen LogP contribution is 2.22. The average molecular weight is 551 g/mol. The molecular formula is C27H49Cl2N3O4. The Morgan fingerprint density at radius 2 is 1.89 bits per heavy atom. The molecule has 4 N–H and O–H groups in total. The molecule has 1 aromatic carbocycles. The van der Waals surface area contributed by atoms with Gasteiger partial charge in [0.15, 0.2) is 0 Å². The van der Waals surface area contributed by atoms with Crippen LogP contribution in [0, 0.1) is 11.8 Å². The maximum absolute atomic E-state index is 12.9. The van der Waals surface area contributed by atoms with Crippen molar-refractivity contribution in [2.24, 2.45) is 17.6 Å². The smallest absolute Gasteiger partial charge is 0.255 e. The summed E-state index contributed by atoms with van der Waals surface area (Å²) >= 11 is 0. The van der Waals surface area contributed by atoms with Crippen LogP contribution in [0.25, 0.3) is 0 Å². The minimum absolute atomic E-state index is 0. The second-order valence-corrected chi connectivity index (χ2v) is 10.1. The lowest BCUT2D eigenvalue weighted by atomic mass is 9.87. The second-order valence-electron chi connectivity index (χ2n) is 10.1. The Kier molecular flexibility index (Phi) is 18.5. The van der Waals surface area contributed by atoms with Crippen molar-refractivity contribution in [3.05, 3.63) is 29.8 Å². The van der Waals surface area contributed by atoms with E-state index in [4.69, 9.17) is 15.2 Å². The lowest BCUT2D eigenvalue weighted by molar-refractivity contribution is 0.0514. The average Bonchev–Trinajstić information content (AvgIpc) is 2.82. The van der Waals surface area contributed by atoms with Crippen LogP contribution in [0.4, 0.5) is 0 Å². The van der Waals surface area contributed by atoms with E-state index in [9.17, 15) is 9.90 Å². The molecule has 1 aliphatic rings. The van der Waals surface area contributed by atoms with Crippen molar-refractivity contribution in [1.29, 1.82) is 0 Å². The van der Waals surface area contributed by atoms with Gasteiger partial charge in [-0.05, 0) is 69.5 Å². The molecule has 1 heterocycles. The third-order valence-electron chi connectivity index (χ3n) is 7.03. The Morgan fingerprint density at radius 1 is 1.19 bits per heavy atom. The minimum atomic E-state index is -0.565. The number of carbonyl (C=O) groups is 1. The van der Waals surface area contributed by atoms with Crippen LogP contribution in [0.5, 0.6) is 5.75 Å². The lowest BCUT2D eigenvalue weighted by Gasteiger charge is -2.36. The highest BCUT2D eigenvalue weighted by molar-refractivity contribution is 5.96. The van der Waals surface area contributed by atoms with E-state index in [1.54, 1.807) is 13.2 Å². The van der Waals surface area contributed by atoms with Gasteiger partial charge in [-0.2, -0.15) is 0 Å². The second kappa shape index (κ2) is 19.0. The number of rotatable bonds is 15. The number of carbonyl (C=O) groups excluding carboxylic acids is 1. The molecule has 0 aliphatic carbocycles. The summed E-state index contributed by atoms with van der Waals surface area (Å²) in [7, 11) is 1.69. The van der Waals surface area contributed by atoms with Crippen LogP contribution in [-0.2, 0) is 4.74 Å². The summed E-state index contributed by atoms with van der Waals surface area (Å²) in [6.45, 7) is 9.92. The van der Waals surface area contributed by atoms with E-state index in [1.165, 1.54) is 19.3 Å². The molecule has 0 bridgehead atoms. The number of ether oxygens (including phenoxy) is 2. The fourth-order valence-corrected chi connectivity index (χ4v) is 4.53. The summed E-state index contributed by atoms with van der Waals surface area (Å²) in [4.78, 5) is 15.3. The molecule has 4 unspecified atom stereocenters. The van der Waals surface area contributed by atoms with Gasteiger partial charge in [-0.15, -0.1) is 24.8 Å². The van der Waals surface area contributed by atoms with Crippen LogP contribution >= 0.6 is 24.8 Å². The number of likely N-dealkylation sites (tertiary alicyclic amines) is 1. The number of hydrogen-bond donors (Lipinski definition) is 3. The predicted molar refractivity (Wildman–Crippen MR) is 152 cm³/mol. The number of halogens is 2. The van der Waals surface area contributed by atoms with E-state index in [0.29, 0.717) is 56.0 Å².